The lowest BCUT2D eigenvalue weighted by atomic mass is 10.0. The van der Waals surface area contributed by atoms with Crippen LogP contribution >= 0.6 is 0 Å². The smallest absolute Gasteiger partial charge is 0.306 e. The molecule has 332 valence electrons. The van der Waals surface area contributed by atoms with Gasteiger partial charge < -0.3 is 14.2 Å². The van der Waals surface area contributed by atoms with Gasteiger partial charge in [0.15, 0.2) is 6.10 Å². The van der Waals surface area contributed by atoms with Crippen molar-refractivity contribution in [2.45, 2.75) is 258 Å². The summed E-state index contributed by atoms with van der Waals surface area (Å²) in [6.45, 7) is 6.48. The maximum Gasteiger partial charge on any atom is 0.306 e. The molecule has 0 N–H and O–H groups in total. The van der Waals surface area contributed by atoms with Gasteiger partial charge in [-0.25, -0.2) is 0 Å². The first-order chi connectivity index (χ1) is 28.0. The third kappa shape index (κ3) is 44.6. The predicted molar refractivity (Wildman–Crippen MR) is 242 cm³/mol. The topological polar surface area (TPSA) is 78.9 Å². The van der Waals surface area contributed by atoms with Gasteiger partial charge in [-0.2, -0.15) is 0 Å². The van der Waals surface area contributed by atoms with Crippen molar-refractivity contribution in [3.8, 4) is 0 Å². The molecule has 0 fully saturated rings. The van der Waals surface area contributed by atoms with E-state index in [0.717, 1.165) is 70.6 Å². The molecule has 6 nitrogen and oxygen atoms in total. The average molecular weight is 801 g/mol. The molecular formula is C51H92O6. The second kappa shape index (κ2) is 46.3. The highest BCUT2D eigenvalue weighted by molar-refractivity contribution is 5.71. The zero-order valence-electron chi connectivity index (χ0n) is 37.9. The van der Waals surface area contributed by atoms with Crippen molar-refractivity contribution < 1.29 is 28.6 Å². The quantitative estimate of drug-likeness (QED) is 0.0264. The van der Waals surface area contributed by atoms with Gasteiger partial charge in [-0.1, -0.05) is 198 Å². The Morgan fingerprint density at radius 2 is 0.684 bits per heavy atom. The third-order valence-electron chi connectivity index (χ3n) is 10.6. The molecule has 57 heavy (non-hydrogen) atoms. The van der Waals surface area contributed by atoms with E-state index >= 15 is 0 Å². The summed E-state index contributed by atoms with van der Waals surface area (Å²) in [4.78, 5) is 37.8. The van der Waals surface area contributed by atoms with Crippen molar-refractivity contribution in [3.05, 3.63) is 36.5 Å². The Labute approximate surface area is 353 Å². The van der Waals surface area contributed by atoms with Crippen LogP contribution in [0.4, 0.5) is 0 Å². The monoisotopic (exact) mass is 801 g/mol. The van der Waals surface area contributed by atoms with E-state index in [9.17, 15) is 14.4 Å². The maximum absolute atomic E-state index is 12.7. The minimum atomic E-state index is -0.781. The fourth-order valence-corrected chi connectivity index (χ4v) is 6.94. The lowest BCUT2D eigenvalue weighted by Gasteiger charge is -2.18. The van der Waals surface area contributed by atoms with Gasteiger partial charge in [-0.05, 0) is 70.6 Å². The van der Waals surface area contributed by atoms with Crippen molar-refractivity contribution in [1.82, 2.24) is 0 Å². The predicted octanol–water partition coefficient (Wildman–Crippen LogP) is 15.8. The minimum absolute atomic E-state index is 0.0822. The van der Waals surface area contributed by atoms with E-state index in [2.05, 4.69) is 57.2 Å². The van der Waals surface area contributed by atoms with E-state index in [1.165, 1.54) is 141 Å². The van der Waals surface area contributed by atoms with Crippen molar-refractivity contribution in [3.63, 3.8) is 0 Å². The molecule has 0 radical (unpaired) electrons. The zero-order valence-corrected chi connectivity index (χ0v) is 37.9. The maximum atomic E-state index is 12.7. The van der Waals surface area contributed by atoms with Crippen LogP contribution in [0.3, 0.4) is 0 Å². The molecule has 0 aliphatic carbocycles. The first-order valence-electron chi connectivity index (χ1n) is 24.5. The molecule has 0 aromatic heterocycles. The zero-order chi connectivity index (χ0) is 41.5. The van der Waals surface area contributed by atoms with Crippen LogP contribution in [0.1, 0.15) is 252 Å². The number of rotatable bonds is 44. The van der Waals surface area contributed by atoms with Crippen molar-refractivity contribution in [2.75, 3.05) is 13.2 Å². The van der Waals surface area contributed by atoms with Gasteiger partial charge in [0.25, 0.3) is 0 Å². The number of unbranched alkanes of at least 4 members (excludes halogenated alkanes) is 27. The summed E-state index contributed by atoms with van der Waals surface area (Å²) in [6.07, 6.45) is 52.8. The van der Waals surface area contributed by atoms with Crippen LogP contribution in [0.25, 0.3) is 0 Å². The molecule has 0 saturated heterocycles. The fourth-order valence-electron chi connectivity index (χ4n) is 6.94. The SMILES string of the molecule is CC/C=C\C/C=C\CCCCC(=O)OCC(COC(=O)CCCCCCCCC/C=C\CCCCCCCC)OC(=O)CCCCCCCCCCCCCCC. The van der Waals surface area contributed by atoms with Gasteiger partial charge in [0.05, 0.1) is 0 Å². The van der Waals surface area contributed by atoms with Gasteiger partial charge >= 0.3 is 17.9 Å². The third-order valence-corrected chi connectivity index (χ3v) is 10.6. The van der Waals surface area contributed by atoms with E-state index in [-0.39, 0.29) is 31.1 Å². The molecule has 6 heteroatoms. The Balaban J connectivity index is 4.32. The summed E-state index contributed by atoms with van der Waals surface area (Å²) < 4.78 is 16.7. The number of hydrogen-bond acceptors (Lipinski definition) is 6. The molecule has 1 atom stereocenters. The molecule has 0 rings (SSSR count). The Hall–Kier alpha value is -2.37. The second-order valence-electron chi connectivity index (χ2n) is 16.3. The van der Waals surface area contributed by atoms with Crippen LogP contribution in [0.5, 0.6) is 0 Å². The normalized spacial score (nSPS) is 12.3. The summed E-state index contributed by atoms with van der Waals surface area (Å²) in [5.41, 5.74) is 0. The Morgan fingerprint density at radius 3 is 1.11 bits per heavy atom. The summed E-state index contributed by atoms with van der Waals surface area (Å²) in [7, 11) is 0. The Morgan fingerprint density at radius 1 is 0.368 bits per heavy atom. The number of allylic oxidation sites excluding steroid dienone is 6. The number of hydrogen-bond donors (Lipinski definition) is 0. The van der Waals surface area contributed by atoms with E-state index in [1.807, 2.05) is 0 Å². The Kier molecular flexibility index (Phi) is 44.4. The van der Waals surface area contributed by atoms with Crippen molar-refractivity contribution in [1.29, 1.82) is 0 Å². The summed E-state index contributed by atoms with van der Waals surface area (Å²) in [6, 6.07) is 0. The fraction of sp³-hybridized carbons (Fsp3) is 0.824. The van der Waals surface area contributed by atoms with Gasteiger partial charge in [0, 0.05) is 19.3 Å². The molecule has 1 unspecified atom stereocenters. The highest BCUT2D eigenvalue weighted by atomic mass is 16.6. The van der Waals surface area contributed by atoms with Crippen LogP contribution in [-0.2, 0) is 28.6 Å². The van der Waals surface area contributed by atoms with Crippen LogP contribution in [0.2, 0.25) is 0 Å². The van der Waals surface area contributed by atoms with Gasteiger partial charge in [0.2, 0.25) is 0 Å². The molecule has 0 aromatic carbocycles. The summed E-state index contributed by atoms with van der Waals surface area (Å²) in [5, 5.41) is 0. The molecule has 0 aromatic rings. The lowest BCUT2D eigenvalue weighted by molar-refractivity contribution is -0.167. The average Bonchev–Trinajstić information content (AvgIpc) is 3.21. The first-order valence-corrected chi connectivity index (χ1v) is 24.5. The van der Waals surface area contributed by atoms with Crippen LogP contribution in [-0.4, -0.2) is 37.2 Å². The summed E-state index contributed by atoms with van der Waals surface area (Å²) in [5.74, 6) is -0.918. The molecular weight excluding hydrogens is 709 g/mol. The number of carbonyl (C=O) groups excluding carboxylic acids is 3. The van der Waals surface area contributed by atoms with Crippen LogP contribution in [0.15, 0.2) is 36.5 Å². The number of esters is 3. The molecule has 0 aliphatic heterocycles. The van der Waals surface area contributed by atoms with Gasteiger partial charge in [0.1, 0.15) is 13.2 Å². The highest BCUT2D eigenvalue weighted by Crippen LogP contribution is 2.15. The highest BCUT2D eigenvalue weighted by Gasteiger charge is 2.19. The van der Waals surface area contributed by atoms with E-state index < -0.39 is 6.10 Å². The van der Waals surface area contributed by atoms with E-state index in [4.69, 9.17) is 14.2 Å². The van der Waals surface area contributed by atoms with Crippen molar-refractivity contribution in [2.24, 2.45) is 0 Å². The van der Waals surface area contributed by atoms with Crippen LogP contribution < -0.4 is 0 Å². The Bertz CT molecular complexity index is 969. The number of carbonyl (C=O) groups is 3. The van der Waals surface area contributed by atoms with Gasteiger partial charge in [-0.3, -0.25) is 14.4 Å². The first kappa shape index (κ1) is 54.6. The molecule has 0 amide bonds. The summed E-state index contributed by atoms with van der Waals surface area (Å²) >= 11 is 0. The molecule has 0 spiro atoms. The minimum Gasteiger partial charge on any atom is -0.462 e. The molecule has 0 aliphatic rings. The van der Waals surface area contributed by atoms with E-state index in [1.54, 1.807) is 0 Å². The standard InChI is InChI=1S/C51H92O6/c1-4-7-10-13-16-19-21-23-24-25-26-28-29-32-35-38-41-44-50(53)56-47-48(46-55-49(52)43-40-37-34-31-18-15-12-9-6-3)57-51(54)45-42-39-36-33-30-27-22-20-17-14-11-8-5-2/h9,12,18,23-24,31,48H,4-8,10-11,13-17,19-22,25-30,32-47H2,1-3H3/b12-9-,24-23-,31-18-. The molecule has 0 bridgehead atoms. The van der Waals surface area contributed by atoms with Crippen LogP contribution in [0, 0.1) is 0 Å². The largest absolute Gasteiger partial charge is 0.462 e. The second-order valence-corrected chi connectivity index (χ2v) is 16.3. The van der Waals surface area contributed by atoms with E-state index in [0.29, 0.717) is 19.3 Å². The van der Waals surface area contributed by atoms with Crippen molar-refractivity contribution >= 4 is 17.9 Å². The lowest BCUT2D eigenvalue weighted by Crippen LogP contribution is -2.30. The van der Waals surface area contributed by atoms with Gasteiger partial charge in [-0.15, -0.1) is 0 Å². The number of ether oxygens (including phenoxy) is 3. The molecule has 0 heterocycles. The molecule has 0 saturated carbocycles.